The van der Waals surface area contributed by atoms with E-state index in [0.29, 0.717) is 5.56 Å². The van der Waals surface area contributed by atoms with Gasteiger partial charge in [-0.3, -0.25) is 4.79 Å². The summed E-state index contributed by atoms with van der Waals surface area (Å²) in [4.78, 5) is 15.0. The molecule has 122 valence electrons. The first-order valence-corrected chi connectivity index (χ1v) is 7.93. The average molecular weight is 323 g/mol. The minimum Gasteiger partial charge on any atom is -0.467 e. The van der Waals surface area contributed by atoms with E-state index in [1.54, 1.807) is 6.26 Å². The minimum absolute atomic E-state index is 0.00340. The predicted octanol–water partition coefficient (Wildman–Crippen LogP) is 2.62. The lowest BCUT2D eigenvalue weighted by atomic mass is 10.1. The Morgan fingerprint density at radius 3 is 2.88 bits per heavy atom. The summed E-state index contributed by atoms with van der Waals surface area (Å²) < 4.78 is 7.03. The summed E-state index contributed by atoms with van der Waals surface area (Å²) in [5.41, 5.74) is 1.38. The van der Waals surface area contributed by atoms with Gasteiger partial charge in [0.05, 0.1) is 18.0 Å². The van der Waals surface area contributed by atoms with E-state index in [1.807, 2.05) is 48.2 Å². The first-order chi connectivity index (χ1) is 11.7. The summed E-state index contributed by atoms with van der Waals surface area (Å²) >= 11 is 0. The summed E-state index contributed by atoms with van der Waals surface area (Å²) in [6, 6.07) is 11.3. The van der Waals surface area contributed by atoms with Crippen molar-refractivity contribution in [3.05, 3.63) is 60.3 Å². The molecule has 24 heavy (non-hydrogen) atoms. The van der Waals surface area contributed by atoms with Crippen molar-refractivity contribution in [1.82, 2.24) is 25.1 Å². The minimum atomic E-state index is -0.100. The molecule has 1 aliphatic rings. The van der Waals surface area contributed by atoms with E-state index in [1.165, 1.54) is 11.0 Å². The van der Waals surface area contributed by atoms with Gasteiger partial charge in [0, 0.05) is 11.6 Å². The highest BCUT2D eigenvalue weighted by Crippen LogP contribution is 2.35. The van der Waals surface area contributed by atoms with Crippen molar-refractivity contribution in [2.45, 2.75) is 31.8 Å². The van der Waals surface area contributed by atoms with Crippen LogP contribution in [0.25, 0.3) is 5.69 Å². The number of aromatic nitrogens is 4. The molecule has 1 aliphatic carbocycles. The van der Waals surface area contributed by atoms with Gasteiger partial charge >= 0.3 is 0 Å². The molecule has 7 nitrogen and oxygen atoms in total. The summed E-state index contributed by atoms with van der Waals surface area (Å²) in [7, 11) is 0. The molecule has 0 saturated heterocycles. The van der Waals surface area contributed by atoms with Crippen molar-refractivity contribution in [3.63, 3.8) is 0 Å². The van der Waals surface area contributed by atoms with Crippen molar-refractivity contribution in [2.24, 2.45) is 0 Å². The average Bonchev–Trinajstić information content (AvgIpc) is 3.10. The molecular weight excluding hydrogens is 306 g/mol. The number of hydrogen-bond acceptors (Lipinski definition) is 5. The maximum Gasteiger partial charge on any atom is 0.254 e. The molecule has 1 aromatic carbocycles. The molecule has 7 heteroatoms. The number of amides is 1. The molecule has 2 aromatic heterocycles. The van der Waals surface area contributed by atoms with Gasteiger partial charge in [-0.1, -0.05) is 6.07 Å². The zero-order valence-electron chi connectivity index (χ0n) is 13.2. The second kappa shape index (κ2) is 5.92. The molecule has 1 unspecified atom stereocenters. The second-order valence-corrected chi connectivity index (χ2v) is 5.94. The lowest BCUT2D eigenvalue weighted by molar-refractivity contribution is 0.0652. The fourth-order valence-corrected chi connectivity index (χ4v) is 2.89. The highest BCUT2D eigenvalue weighted by molar-refractivity contribution is 5.95. The number of tetrazole rings is 1. The Hall–Kier alpha value is -2.96. The summed E-state index contributed by atoms with van der Waals surface area (Å²) in [5.74, 6) is 0.795. The number of rotatable bonds is 5. The van der Waals surface area contributed by atoms with E-state index in [-0.39, 0.29) is 18.0 Å². The maximum atomic E-state index is 13.1. The number of nitrogens with zero attached hydrogens (tertiary/aromatic N) is 5. The van der Waals surface area contributed by atoms with E-state index < -0.39 is 0 Å². The SMILES string of the molecule is CC(c1ccco1)N(C(=O)c1cccc(-n2cnnn2)c1)C1CC1. The summed E-state index contributed by atoms with van der Waals surface area (Å²) in [6.45, 7) is 2.00. The molecule has 0 aliphatic heterocycles. The fourth-order valence-electron chi connectivity index (χ4n) is 2.89. The Balaban J connectivity index is 1.65. The van der Waals surface area contributed by atoms with E-state index in [2.05, 4.69) is 15.5 Å². The highest BCUT2D eigenvalue weighted by Gasteiger charge is 2.37. The fraction of sp³-hybridized carbons (Fsp3) is 0.294. The quantitative estimate of drug-likeness (QED) is 0.721. The van der Waals surface area contributed by atoms with Crippen molar-refractivity contribution in [3.8, 4) is 5.69 Å². The van der Waals surface area contributed by atoms with E-state index in [4.69, 9.17) is 4.42 Å². The molecule has 4 rings (SSSR count). The Bertz CT molecular complexity index is 825. The third-order valence-electron chi connectivity index (χ3n) is 4.25. The van der Waals surface area contributed by atoms with Gasteiger partial charge in [0.1, 0.15) is 12.1 Å². The first-order valence-electron chi connectivity index (χ1n) is 7.93. The van der Waals surface area contributed by atoms with Crippen LogP contribution < -0.4 is 0 Å². The van der Waals surface area contributed by atoms with Crippen LogP contribution in [0.2, 0.25) is 0 Å². The van der Waals surface area contributed by atoms with Crippen LogP contribution in [0, 0.1) is 0 Å². The lowest BCUT2D eigenvalue weighted by Crippen LogP contribution is -2.35. The Morgan fingerprint density at radius 1 is 1.33 bits per heavy atom. The number of furan rings is 1. The van der Waals surface area contributed by atoms with Crippen LogP contribution in [0.5, 0.6) is 0 Å². The zero-order valence-corrected chi connectivity index (χ0v) is 13.2. The van der Waals surface area contributed by atoms with Gasteiger partial charge in [-0.05, 0) is 60.5 Å². The monoisotopic (exact) mass is 323 g/mol. The second-order valence-electron chi connectivity index (χ2n) is 5.94. The number of hydrogen-bond donors (Lipinski definition) is 0. The Kier molecular flexibility index (Phi) is 3.60. The van der Waals surface area contributed by atoms with E-state index in [0.717, 1.165) is 24.3 Å². The topological polar surface area (TPSA) is 77.0 Å². The van der Waals surface area contributed by atoms with Crippen molar-refractivity contribution in [1.29, 1.82) is 0 Å². The van der Waals surface area contributed by atoms with Crippen LogP contribution in [-0.2, 0) is 0 Å². The van der Waals surface area contributed by atoms with Gasteiger partial charge in [0.25, 0.3) is 5.91 Å². The van der Waals surface area contributed by atoms with Gasteiger partial charge in [0.2, 0.25) is 0 Å². The standard InChI is InChI=1S/C17H17N5O2/c1-12(16-6-3-9-24-16)22(14-7-8-14)17(23)13-4-2-5-15(10-13)21-11-18-19-20-21/h2-6,9-12,14H,7-8H2,1H3. The molecular formula is C17H17N5O2. The van der Waals surface area contributed by atoms with Crippen molar-refractivity contribution in [2.75, 3.05) is 0 Å². The van der Waals surface area contributed by atoms with E-state index >= 15 is 0 Å². The molecule has 0 radical (unpaired) electrons. The molecule has 1 amide bonds. The van der Waals surface area contributed by atoms with Crippen LogP contribution in [0.15, 0.2) is 53.4 Å². The Morgan fingerprint density at radius 2 is 2.21 bits per heavy atom. The number of benzene rings is 1. The van der Waals surface area contributed by atoms with Crippen LogP contribution in [0.3, 0.4) is 0 Å². The highest BCUT2D eigenvalue weighted by atomic mass is 16.3. The predicted molar refractivity (Wildman–Crippen MR) is 85.5 cm³/mol. The van der Waals surface area contributed by atoms with Gasteiger partial charge in [0.15, 0.2) is 0 Å². The van der Waals surface area contributed by atoms with E-state index in [9.17, 15) is 4.79 Å². The molecule has 2 heterocycles. The van der Waals surface area contributed by atoms with Crippen molar-refractivity contribution < 1.29 is 9.21 Å². The smallest absolute Gasteiger partial charge is 0.254 e. The first kappa shape index (κ1) is 14.6. The van der Waals surface area contributed by atoms with Crippen LogP contribution in [0.4, 0.5) is 0 Å². The lowest BCUT2D eigenvalue weighted by Gasteiger charge is -2.28. The molecule has 3 aromatic rings. The molecule has 1 fully saturated rings. The maximum absolute atomic E-state index is 13.1. The number of carbonyl (C=O) groups excluding carboxylic acids is 1. The van der Waals surface area contributed by atoms with Gasteiger partial charge in [-0.25, -0.2) is 4.68 Å². The molecule has 0 bridgehead atoms. The molecule has 0 spiro atoms. The van der Waals surface area contributed by atoms with Gasteiger partial charge in [-0.2, -0.15) is 0 Å². The normalized spacial score (nSPS) is 15.2. The van der Waals surface area contributed by atoms with Gasteiger partial charge < -0.3 is 9.32 Å². The molecule has 1 atom stereocenters. The molecule has 1 saturated carbocycles. The third kappa shape index (κ3) is 2.68. The summed E-state index contributed by atoms with van der Waals surface area (Å²) in [5, 5.41) is 11.1. The van der Waals surface area contributed by atoms with Crippen molar-refractivity contribution >= 4 is 5.91 Å². The largest absolute Gasteiger partial charge is 0.467 e. The van der Waals surface area contributed by atoms with Crippen LogP contribution in [0.1, 0.15) is 41.9 Å². The summed E-state index contributed by atoms with van der Waals surface area (Å²) in [6.07, 6.45) is 5.21. The molecule has 0 N–H and O–H groups in total. The van der Waals surface area contributed by atoms with Gasteiger partial charge in [-0.15, -0.1) is 5.10 Å². The zero-order chi connectivity index (χ0) is 16.5. The Labute approximate surface area is 138 Å². The third-order valence-corrected chi connectivity index (χ3v) is 4.25. The number of carbonyl (C=O) groups is 1. The van der Waals surface area contributed by atoms with Crippen LogP contribution >= 0.6 is 0 Å². The van der Waals surface area contributed by atoms with Crippen LogP contribution in [-0.4, -0.2) is 37.1 Å².